The zero-order chi connectivity index (χ0) is 16.2. The Morgan fingerprint density at radius 3 is 2.78 bits per heavy atom. The average Bonchev–Trinajstić information content (AvgIpc) is 3.19. The fourth-order valence-electron chi connectivity index (χ4n) is 3.32. The molecule has 8 nitrogen and oxygen atoms in total. The number of carbonyl (C=O) groups is 1. The molecule has 1 aromatic rings. The van der Waals surface area contributed by atoms with E-state index in [9.17, 15) is 9.59 Å². The van der Waals surface area contributed by atoms with Gasteiger partial charge in [-0.15, -0.1) is 0 Å². The van der Waals surface area contributed by atoms with E-state index in [2.05, 4.69) is 20.8 Å². The second kappa shape index (κ2) is 6.69. The molecule has 0 unspecified atom stereocenters. The van der Waals surface area contributed by atoms with Crippen LogP contribution in [0.2, 0.25) is 0 Å². The third-order valence-electron chi connectivity index (χ3n) is 4.50. The predicted octanol–water partition coefficient (Wildman–Crippen LogP) is 0.462. The van der Waals surface area contributed by atoms with Crippen molar-refractivity contribution >= 4 is 11.7 Å². The fourth-order valence-corrected chi connectivity index (χ4v) is 3.32. The Hall–Kier alpha value is -2.56. The molecule has 3 rings (SSSR count). The summed E-state index contributed by atoms with van der Waals surface area (Å²) >= 11 is 0. The lowest BCUT2D eigenvalue weighted by Crippen LogP contribution is -2.46. The summed E-state index contributed by atoms with van der Waals surface area (Å²) in [6.07, 6.45) is 6.71. The van der Waals surface area contributed by atoms with Gasteiger partial charge in [0.1, 0.15) is 11.6 Å². The van der Waals surface area contributed by atoms with E-state index in [1.807, 2.05) is 11.0 Å². The Balaban J connectivity index is 1.58. The molecule has 0 bridgehead atoms. The Bertz CT molecular complexity index is 673. The van der Waals surface area contributed by atoms with E-state index >= 15 is 0 Å². The van der Waals surface area contributed by atoms with Crippen LogP contribution in [-0.4, -0.2) is 41.4 Å². The summed E-state index contributed by atoms with van der Waals surface area (Å²) in [4.78, 5) is 25.6. The van der Waals surface area contributed by atoms with E-state index < -0.39 is 5.56 Å². The van der Waals surface area contributed by atoms with E-state index in [1.165, 1.54) is 19.0 Å². The number of carbonyl (C=O) groups excluding carboxylic acids is 1. The molecule has 2 aliphatic rings. The lowest BCUT2D eigenvalue weighted by Gasteiger charge is -2.20. The van der Waals surface area contributed by atoms with Crippen LogP contribution in [0.4, 0.5) is 10.5 Å². The predicted molar refractivity (Wildman–Crippen MR) is 84.1 cm³/mol. The number of nitrogens with one attached hydrogen (secondary N) is 3. The molecule has 1 atom stereocenters. The topological polar surface area (TPSA) is 114 Å². The van der Waals surface area contributed by atoms with Gasteiger partial charge in [-0.05, 0) is 19.3 Å². The molecular weight excluding hydrogens is 296 g/mol. The van der Waals surface area contributed by atoms with E-state index in [0.717, 1.165) is 19.3 Å². The van der Waals surface area contributed by atoms with Crippen molar-refractivity contribution in [3.8, 4) is 6.07 Å². The molecule has 2 heterocycles. The molecule has 1 saturated carbocycles. The lowest BCUT2D eigenvalue weighted by molar-refractivity contribution is 0.234. The summed E-state index contributed by atoms with van der Waals surface area (Å²) in [5.41, 5.74) is 0.105. The number of aromatic nitrogens is 2. The van der Waals surface area contributed by atoms with Gasteiger partial charge >= 0.3 is 6.03 Å². The molecule has 0 radical (unpaired) electrons. The van der Waals surface area contributed by atoms with Crippen molar-refractivity contribution in [1.29, 1.82) is 5.26 Å². The number of nitriles is 1. The van der Waals surface area contributed by atoms with Crippen LogP contribution < -0.4 is 21.1 Å². The van der Waals surface area contributed by atoms with Gasteiger partial charge in [0.05, 0.1) is 11.9 Å². The maximum atomic E-state index is 12.0. The van der Waals surface area contributed by atoms with Crippen LogP contribution in [0, 0.1) is 11.3 Å². The van der Waals surface area contributed by atoms with Gasteiger partial charge in [0, 0.05) is 25.2 Å². The third kappa shape index (κ3) is 3.44. The molecule has 23 heavy (non-hydrogen) atoms. The first kappa shape index (κ1) is 15.3. The molecule has 1 aliphatic heterocycles. The molecule has 122 valence electrons. The van der Waals surface area contributed by atoms with Crippen molar-refractivity contribution in [3.05, 3.63) is 22.1 Å². The third-order valence-corrected chi connectivity index (χ3v) is 4.50. The molecule has 8 heteroatoms. The van der Waals surface area contributed by atoms with Crippen LogP contribution >= 0.6 is 0 Å². The van der Waals surface area contributed by atoms with Gasteiger partial charge in [-0.1, -0.05) is 12.8 Å². The molecule has 0 spiro atoms. The van der Waals surface area contributed by atoms with Gasteiger partial charge in [0.15, 0.2) is 0 Å². The monoisotopic (exact) mass is 316 g/mol. The highest BCUT2D eigenvalue weighted by molar-refractivity contribution is 5.75. The van der Waals surface area contributed by atoms with Crippen molar-refractivity contribution in [2.24, 2.45) is 0 Å². The van der Waals surface area contributed by atoms with Crippen LogP contribution in [0.15, 0.2) is 11.0 Å². The quantitative estimate of drug-likeness (QED) is 0.749. The lowest BCUT2D eigenvalue weighted by atomic mass is 10.2. The van der Waals surface area contributed by atoms with Crippen LogP contribution in [0.25, 0.3) is 0 Å². The second-order valence-corrected chi connectivity index (χ2v) is 6.10. The van der Waals surface area contributed by atoms with Crippen molar-refractivity contribution < 1.29 is 4.79 Å². The van der Waals surface area contributed by atoms with Gasteiger partial charge < -0.3 is 15.5 Å². The minimum absolute atomic E-state index is 0.00207. The number of anilines is 1. The first-order valence-electron chi connectivity index (χ1n) is 7.97. The highest BCUT2D eigenvalue weighted by Crippen LogP contribution is 2.21. The van der Waals surface area contributed by atoms with Crippen molar-refractivity contribution in [2.75, 3.05) is 18.0 Å². The highest BCUT2D eigenvalue weighted by Gasteiger charge is 2.27. The minimum atomic E-state index is -0.486. The molecule has 3 N–H and O–H groups in total. The van der Waals surface area contributed by atoms with Crippen molar-refractivity contribution in [2.45, 2.75) is 44.2 Å². The Morgan fingerprint density at radius 1 is 1.30 bits per heavy atom. The average molecular weight is 316 g/mol. The largest absolute Gasteiger partial charge is 0.367 e. The van der Waals surface area contributed by atoms with Crippen molar-refractivity contribution in [1.82, 2.24) is 20.8 Å². The number of urea groups is 1. The van der Waals surface area contributed by atoms with Crippen LogP contribution in [0.1, 0.15) is 37.7 Å². The van der Waals surface area contributed by atoms with Gasteiger partial charge in [0.25, 0.3) is 5.56 Å². The standard InChI is InChI=1S/C15H20N6O2/c16-7-12-13(8-17-20-14(12)22)21-6-5-11(9-21)19-15(23)18-10-3-1-2-4-10/h8,10-11H,1-6,9H2,(H,20,22)(H2,18,19,23)/t11-/m1/s1. The highest BCUT2D eigenvalue weighted by atomic mass is 16.2. The number of nitrogens with zero attached hydrogens (tertiary/aromatic N) is 3. The maximum Gasteiger partial charge on any atom is 0.315 e. The van der Waals surface area contributed by atoms with Crippen LogP contribution in [0.5, 0.6) is 0 Å². The Morgan fingerprint density at radius 2 is 2.04 bits per heavy atom. The second-order valence-electron chi connectivity index (χ2n) is 6.10. The smallest absolute Gasteiger partial charge is 0.315 e. The zero-order valence-corrected chi connectivity index (χ0v) is 12.8. The first-order chi connectivity index (χ1) is 11.2. The number of rotatable bonds is 3. The Kier molecular flexibility index (Phi) is 4.46. The number of H-pyrrole nitrogens is 1. The molecule has 1 aromatic heterocycles. The van der Waals surface area contributed by atoms with E-state index in [0.29, 0.717) is 18.8 Å². The summed E-state index contributed by atoms with van der Waals surface area (Å²) in [5, 5.41) is 21.1. The maximum absolute atomic E-state index is 12.0. The summed E-state index contributed by atoms with van der Waals surface area (Å²) < 4.78 is 0. The molecule has 2 fully saturated rings. The number of hydrogen-bond donors (Lipinski definition) is 3. The Labute approximate surface area is 133 Å². The van der Waals surface area contributed by atoms with Gasteiger partial charge in [-0.3, -0.25) is 4.79 Å². The summed E-state index contributed by atoms with van der Waals surface area (Å²) in [6, 6.07) is 2.08. The van der Waals surface area contributed by atoms with E-state index in [-0.39, 0.29) is 23.7 Å². The fraction of sp³-hybridized carbons (Fsp3) is 0.600. The van der Waals surface area contributed by atoms with Crippen LogP contribution in [0.3, 0.4) is 0 Å². The van der Waals surface area contributed by atoms with E-state index in [1.54, 1.807) is 0 Å². The summed E-state index contributed by atoms with van der Waals surface area (Å²) in [7, 11) is 0. The SMILES string of the molecule is N#Cc1c(N2CC[C@@H](NC(=O)NC3CCCC3)C2)cn[nH]c1=O. The molecule has 2 amide bonds. The molecule has 1 aliphatic carbocycles. The molecule has 0 aromatic carbocycles. The van der Waals surface area contributed by atoms with Crippen LogP contribution in [-0.2, 0) is 0 Å². The van der Waals surface area contributed by atoms with Gasteiger partial charge in [-0.25, -0.2) is 9.89 Å². The van der Waals surface area contributed by atoms with Crippen molar-refractivity contribution in [3.63, 3.8) is 0 Å². The van der Waals surface area contributed by atoms with E-state index in [4.69, 9.17) is 5.26 Å². The number of amides is 2. The summed E-state index contributed by atoms with van der Waals surface area (Å²) in [6.45, 7) is 1.24. The minimum Gasteiger partial charge on any atom is -0.367 e. The zero-order valence-electron chi connectivity index (χ0n) is 12.8. The molecular formula is C15H20N6O2. The number of hydrogen-bond acceptors (Lipinski definition) is 5. The first-order valence-corrected chi connectivity index (χ1v) is 7.97. The summed E-state index contributed by atoms with van der Waals surface area (Å²) in [5.74, 6) is 0. The number of aromatic amines is 1. The normalized spacial score (nSPS) is 21.2. The molecule has 1 saturated heterocycles. The van der Waals surface area contributed by atoms with Gasteiger partial charge in [-0.2, -0.15) is 10.4 Å². The van der Waals surface area contributed by atoms with Gasteiger partial charge in [0.2, 0.25) is 0 Å².